The number of fused-ring (bicyclic) bond motifs is 2. The normalized spacial score (nSPS) is 12.2. The fraction of sp³-hybridized carbons (Fsp3) is 0.0870. The van der Waals surface area contributed by atoms with E-state index in [9.17, 15) is 14.4 Å². The summed E-state index contributed by atoms with van der Waals surface area (Å²) in [5.74, 6) is -0.181. The van der Waals surface area contributed by atoms with Crippen molar-refractivity contribution < 1.29 is 19.1 Å². The molecule has 0 radical (unpaired) electrons. The quantitative estimate of drug-likeness (QED) is 0.586. The molecule has 3 aromatic rings. The molecule has 0 heterocycles. The van der Waals surface area contributed by atoms with Gasteiger partial charge in [-0.3, -0.25) is 14.4 Å². The number of amides is 1. The van der Waals surface area contributed by atoms with Crippen LogP contribution in [0.25, 0.3) is 0 Å². The summed E-state index contributed by atoms with van der Waals surface area (Å²) in [6.45, 7) is 2.43. The van der Waals surface area contributed by atoms with Crippen LogP contribution in [0.15, 0.2) is 66.7 Å². The van der Waals surface area contributed by atoms with E-state index in [0.717, 1.165) is 0 Å². The van der Waals surface area contributed by atoms with Crippen LogP contribution in [0.4, 0.5) is 5.69 Å². The zero-order valence-electron chi connectivity index (χ0n) is 15.2. The predicted octanol–water partition coefficient (Wildman–Crippen LogP) is 4.11. The van der Waals surface area contributed by atoms with Crippen molar-refractivity contribution in [1.29, 1.82) is 0 Å². The van der Waals surface area contributed by atoms with Crippen molar-refractivity contribution in [3.8, 4) is 5.75 Å². The third kappa shape index (κ3) is 2.97. The van der Waals surface area contributed by atoms with Crippen LogP contribution < -0.4 is 10.1 Å². The SMILES string of the molecule is CCOc1ccc(C(=O)Nc2cccc3c2C(=O)c2ccccc2C3=O)cc1. The highest BCUT2D eigenvalue weighted by molar-refractivity contribution is 6.30. The van der Waals surface area contributed by atoms with E-state index in [1.54, 1.807) is 66.7 Å². The van der Waals surface area contributed by atoms with Crippen molar-refractivity contribution in [2.24, 2.45) is 0 Å². The molecule has 3 aromatic carbocycles. The van der Waals surface area contributed by atoms with Crippen molar-refractivity contribution >= 4 is 23.2 Å². The number of benzene rings is 3. The number of nitrogens with one attached hydrogen (secondary N) is 1. The molecule has 5 nitrogen and oxygen atoms in total. The van der Waals surface area contributed by atoms with Crippen LogP contribution in [0.2, 0.25) is 0 Å². The number of ether oxygens (including phenoxy) is 1. The first-order chi connectivity index (χ1) is 13.6. The van der Waals surface area contributed by atoms with Crippen LogP contribution in [0.1, 0.15) is 49.1 Å². The Morgan fingerprint density at radius 3 is 2.14 bits per heavy atom. The zero-order valence-corrected chi connectivity index (χ0v) is 15.2. The molecule has 0 fully saturated rings. The summed E-state index contributed by atoms with van der Waals surface area (Å²) in [6.07, 6.45) is 0. The van der Waals surface area contributed by atoms with Gasteiger partial charge in [-0.25, -0.2) is 0 Å². The number of hydrogen-bond acceptors (Lipinski definition) is 4. The van der Waals surface area contributed by atoms with Crippen LogP contribution in [0.5, 0.6) is 5.75 Å². The van der Waals surface area contributed by atoms with E-state index in [1.165, 1.54) is 0 Å². The van der Waals surface area contributed by atoms with Gasteiger partial charge in [0.1, 0.15) is 5.75 Å². The van der Waals surface area contributed by atoms with Gasteiger partial charge in [-0.15, -0.1) is 0 Å². The Bertz CT molecular complexity index is 1100. The largest absolute Gasteiger partial charge is 0.494 e. The predicted molar refractivity (Wildman–Crippen MR) is 105 cm³/mol. The van der Waals surface area contributed by atoms with Crippen molar-refractivity contribution in [3.63, 3.8) is 0 Å². The molecule has 0 atom stereocenters. The smallest absolute Gasteiger partial charge is 0.255 e. The van der Waals surface area contributed by atoms with Gasteiger partial charge in [0.2, 0.25) is 0 Å². The molecule has 1 aliphatic carbocycles. The van der Waals surface area contributed by atoms with Gasteiger partial charge in [0.05, 0.1) is 17.9 Å². The monoisotopic (exact) mass is 371 g/mol. The molecule has 1 amide bonds. The molecular formula is C23H17NO4. The molecule has 1 aliphatic rings. The molecule has 0 bridgehead atoms. The summed E-state index contributed by atoms with van der Waals surface area (Å²) in [5, 5.41) is 2.77. The van der Waals surface area contributed by atoms with Gasteiger partial charge in [-0.2, -0.15) is 0 Å². The van der Waals surface area contributed by atoms with Crippen molar-refractivity contribution in [2.75, 3.05) is 11.9 Å². The van der Waals surface area contributed by atoms with E-state index in [-0.39, 0.29) is 23.0 Å². The second-order valence-corrected chi connectivity index (χ2v) is 6.34. The van der Waals surface area contributed by atoms with Gasteiger partial charge in [-0.05, 0) is 37.3 Å². The van der Waals surface area contributed by atoms with E-state index in [1.807, 2.05) is 6.92 Å². The Hall–Kier alpha value is -3.73. The molecule has 0 aliphatic heterocycles. The minimum absolute atomic E-state index is 0.220. The highest BCUT2D eigenvalue weighted by Gasteiger charge is 2.31. The summed E-state index contributed by atoms with van der Waals surface area (Å²) in [7, 11) is 0. The molecule has 138 valence electrons. The van der Waals surface area contributed by atoms with Crippen LogP contribution in [0.3, 0.4) is 0 Å². The standard InChI is InChI=1S/C23H17NO4/c1-2-28-15-12-10-14(11-13-15)23(27)24-19-9-5-8-18-20(19)22(26)17-7-4-3-6-16(17)21(18)25/h3-13H,2H2,1H3,(H,24,27). The lowest BCUT2D eigenvalue weighted by Crippen LogP contribution is -2.23. The van der Waals surface area contributed by atoms with Gasteiger partial charge >= 0.3 is 0 Å². The van der Waals surface area contributed by atoms with Gasteiger partial charge in [-0.1, -0.05) is 36.4 Å². The summed E-state index contributed by atoms with van der Waals surface area (Å²) < 4.78 is 5.38. The average Bonchev–Trinajstić information content (AvgIpc) is 2.72. The summed E-state index contributed by atoms with van der Waals surface area (Å²) in [6, 6.07) is 18.3. The Labute approximate surface area is 162 Å². The van der Waals surface area contributed by atoms with Gasteiger partial charge in [0.25, 0.3) is 5.91 Å². The molecule has 0 aromatic heterocycles. The van der Waals surface area contributed by atoms with E-state index in [2.05, 4.69) is 5.32 Å². The molecule has 5 heteroatoms. The van der Waals surface area contributed by atoms with Crippen LogP contribution in [0, 0.1) is 0 Å². The first-order valence-electron chi connectivity index (χ1n) is 8.96. The van der Waals surface area contributed by atoms with Gasteiger partial charge in [0, 0.05) is 22.3 Å². The third-order valence-corrected chi connectivity index (χ3v) is 4.63. The number of rotatable bonds is 4. The Balaban J connectivity index is 1.68. The van der Waals surface area contributed by atoms with E-state index >= 15 is 0 Å². The van der Waals surface area contributed by atoms with E-state index in [4.69, 9.17) is 4.74 Å². The van der Waals surface area contributed by atoms with Gasteiger partial charge < -0.3 is 10.1 Å². The van der Waals surface area contributed by atoms with Crippen molar-refractivity contribution in [3.05, 3.63) is 94.5 Å². The summed E-state index contributed by atoms with van der Waals surface area (Å²) in [5.41, 5.74) is 2.01. The number of anilines is 1. The third-order valence-electron chi connectivity index (χ3n) is 4.63. The highest BCUT2D eigenvalue weighted by atomic mass is 16.5. The fourth-order valence-electron chi connectivity index (χ4n) is 3.31. The molecule has 1 N–H and O–H groups in total. The molecule has 0 unspecified atom stereocenters. The van der Waals surface area contributed by atoms with Crippen molar-refractivity contribution in [2.45, 2.75) is 6.92 Å². The molecule has 4 rings (SSSR count). The minimum atomic E-state index is -0.365. The number of ketones is 2. The van der Waals surface area contributed by atoms with Crippen molar-refractivity contribution in [1.82, 2.24) is 0 Å². The second kappa shape index (κ2) is 7.12. The zero-order chi connectivity index (χ0) is 19.7. The molecule has 28 heavy (non-hydrogen) atoms. The van der Waals surface area contributed by atoms with E-state index < -0.39 is 0 Å². The van der Waals surface area contributed by atoms with E-state index in [0.29, 0.717) is 40.3 Å². The molecule has 0 saturated heterocycles. The lowest BCUT2D eigenvalue weighted by atomic mass is 9.83. The van der Waals surface area contributed by atoms with Gasteiger partial charge in [0.15, 0.2) is 11.6 Å². The maximum absolute atomic E-state index is 13.0. The number of carbonyl (C=O) groups excluding carboxylic acids is 3. The lowest BCUT2D eigenvalue weighted by Gasteiger charge is -2.20. The number of carbonyl (C=O) groups is 3. The topological polar surface area (TPSA) is 72.5 Å². The maximum Gasteiger partial charge on any atom is 0.255 e. The Kier molecular flexibility index (Phi) is 4.49. The van der Waals surface area contributed by atoms with Crippen LogP contribution in [-0.2, 0) is 0 Å². The first kappa shape index (κ1) is 17.7. The first-order valence-corrected chi connectivity index (χ1v) is 8.96. The molecular weight excluding hydrogens is 354 g/mol. The average molecular weight is 371 g/mol. The number of hydrogen-bond donors (Lipinski definition) is 1. The van der Waals surface area contributed by atoms with Crippen LogP contribution >= 0.6 is 0 Å². The Morgan fingerprint density at radius 2 is 1.46 bits per heavy atom. The molecule has 0 saturated carbocycles. The Morgan fingerprint density at radius 1 is 0.821 bits per heavy atom. The highest BCUT2D eigenvalue weighted by Crippen LogP contribution is 2.32. The molecule has 0 spiro atoms. The maximum atomic E-state index is 13.0. The summed E-state index contributed by atoms with van der Waals surface area (Å²) >= 11 is 0. The lowest BCUT2D eigenvalue weighted by molar-refractivity contribution is 0.0978. The van der Waals surface area contributed by atoms with Crippen LogP contribution in [-0.4, -0.2) is 24.1 Å². The fourth-order valence-corrected chi connectivity index (χ4v) is 3.31. The minimum Gasteiger partial charge on any atom is -0.494 e. The second-order valence-electron chi connectivity index (χ2n) is 6.34. The summed E-state index contributed by atoms with van der Waals surface area (Å²) in [4.78, 5) is 38.4.